The van der Waals surface area contributed by atoms with Crippen LogP contribution in [-0.2, 0) is 0 Å². The summed E-state index contributed by atoms with van der Waals surface area (Å²) in [5, 5.41) is 15.4. The van der Waals surface area contributed by atoms with Crippen molar-refractivity contribution < 1.29 is 9.90 Å². The minimum atomic E-state index is -0.175. The first-order chi connectivity index (χ1) is 9.99. The molecule has 1 saturated carbocycles. The highest BCUT2D eigenvalue weighted by Crippen LogP contribution is 2.27. The van der Waals surface area contributed by atoms with Gasteiger partial charge in [-0.25, -0.2) is 4.79 Å². The molecule has 0 saturated heterocycles. The highest BCUT2D eigenvalue weighted by molar-refractivity contribution is 5.89. The molecule has 1 aromatic rings. The average Bonchev–Trinajstić information content (AvgIpc) is 2.44. The number of nitrogens with zero attached hydrogens (tertiary/aromatic N) is 1. The summed E-state index contributed by atoms with van der Waals surface area (Å²) in [5.41, 5.74) is 1.94. The largest absolute Gasteiger partial charge is 0.393 e. The van der Waals surface area contributed by atoms with E-state index in [2.05, 4.69) is 17.6 Å². The molecule has 2 amide bonds. The molecule has 5 nitrogen and oxygen atoms in total. The molecule has 1 atom stereocenters. The molecule has 5 heteroatoms. The molecular formula is C16H25N3O2. The molecule has 0 bridgehead atoms. The smallest absolute Gasteiger partial charge is 0.321 e. The van der Waals surface area contributed by atoms with Gasteiger partial charge in [0.15, 0.2) is 0 Å². The molecule has 3 N–H and O–H groups in total. The van der Waals surface area contributed by atoms with Gasteiger partial charge in [-0.3, -0.25) is 0 Å². The Morgan fingerprint density at radius 1 is 1.48 bits per heavy atom. The standard InChI is InChI=1S/C16H25N3O2/c1-11(17-2)13-5-4-6-14(9-13)18-16(21)19(3)10-12-7-15(20)8-12/h4-6,9,11-12,15,17,20H,7-8,10H2,1-3H3,(H,18,21). The van der Waals surface area contributed by atoms with Crippen LogP contribution in [0.5, 0.6) is 0 Å². The van der Waals surface area contributed by atoms with Gasteiger partial charge in [-0.05, 0) is 50.4 Å². The SMILES string of the molecule is CNC(C)c1cccc(NC(=O)N(C)CC2CC(O)C2)c1. The van der Waals surface area contributed by atoms with Gasteiger partial charge in [0, 0.05) is 25.3 Å². The van der Waals surface area contributed by atoms with E-state index in [0.717, 1.165) is 24.1 Å². The number of hydrogen-bond donors (Lipinski definition) is 3. The van der Waals surface area contributed by atoms with E-state index in [9.17, 15) is 9.90 Å². The number of carbonyl (C=O) groups is 1. The molecule has 1 aliphatic rings. The number of anilines is 1. The summed E-state index contributed by atoms with van der Waals surface area (Å²) >= 11 is 0. The number of amides is 2. The summed E-state index contributed by atoms with van der Waals surface area (Å²) in [6.45, 7) is 2.77. The van der Waals surface area contributed by atoms with Crippen molar-refractivity contribution in [1.29, 1.82) is 0 Å². The zero-order valence-corrected chi connectivity index (χ0v) is 13.0. The maximum absolute atomic E-state index is 12.2. The van der Waals surface area contributed by atoms with Crippen LogP contribution in [0.15, 0.2) is 24.3 Å². The summed E-state index contributed by atoms with van der Waals surface area (Å²) in [6.07, 6.45) is 1.42. The Hall–Kier alpha value is -1.59. The minimum absolute atomic E-state index is 0.106. The van der Waals surface area contributed by atoms with Crippen LogP contribution in [-0.4, -0.2) is 42.8 Å². The van der Waals surface area contributed by atoms with Crippen LogP contribution in [0.1, 0.15) is 31.4 Å². The van der Waals surface area contributed by atoms with Gasteiger partial charge in [0.05, 0.1) is 6.10 Å². The van der Waals surface area contributed by atoms with E-state index >= 15 is 0 Å². The molecule has 0 spiro atoms. The van der Waals surface area contributed by atoms with E-state index in [1.165, 1.54) is 0 Å². The van der Waals surface area contributed by atoms with E-state index in [1.807, 2.05) is 31.3 Å². The predicted molar refractivity (Wildman–Crippen MR) is 84.3 cm³/mol. The Labute approximate surface area is 126 Å². The van der Waals surface area contributed by atoms with Crippen molar-refractivity contribution in [2.24, 2.45) is 5.92 Å². The second-order valence-electron chi connectivity index (χ2n) is 5.94. The van der Waals surface area contributed by atoms with Gasteiger partial charge in [-0.2, -0.15) is 0 Å². The molecule has 0 heterocycles. The van der Waals surface area contributed by atoms with Gasteiger partial charge in [-0.1, -0.05) is 12.1 Å². The Bertz CT molecular complexity index is 486. The highest BCUT2D eigenvalue weighted by atomic mass is 16.3. The number of aliphatic hydroxyl groups excluding tert-OH is 1. The fraction of sp³-hybridized carbons (Fsp3) is 0.562. The van der Waals surface area contributed by atoms with E-state index in [0.29, 0.717) is 12.5 Å². The van der Waals surface area contributed by atoms with E-state index in [-0.39, 0.29) is 18.2 Å². The Morgan fingerprint density at radius 2 is 2.19 bits per heavy atom. The zero-order valence-electron chi connectivity index (χ0n) is 13.0. The number of nitrogens with one attached hydrogen (secondary N) is 2. The van der Waals surface area contributed by atoms with E-state index < -0.39 is 0 Å². The Balaban J connectivity index is 1.89. The molecular weight excluding hydrogens is 266 g/mol. The van der Waals surface area contributed by atoms with Crippen molar-refractivity contribution in [3.05, 3.63) is 29.8 Å². The molecule has 1 aromatic carbocycles. The molecule has 21 heavy (non-hydrogen) atoms. The van der Waals surface area contributed by atoms with Crippen LogP contribution in [0.3, 0.4) is 0 Å². The molecule has 0 radical (unpaired) electrons. The lowest BCUT2D eigenvalue weighted by molar-refractivity contribution is 0.0332. The maximum atomic E-state index is 12.2. The van der Waals surface area contributed by atoms with Crippen LogP contribution in [0.25, 0.3) is 0 Å². The number of carbonyl (C=O) groups excluding carboxylic acids is 1. The van der Waals surface area contributed by atoms with Gasteiger partial charge in [0.2, 0.25) is 0 Å². The highest BCUT2D eigenvalue weighted by Gasteiger charge is 2.29. The van der Waals surface area contributed by atoms with Gasteiger partial charge in [0.1, 0.15) is 0 Å². The summed E-state index contributed by atoms with van der Waals surface area (Å²) < 4.78 is 0. The van der Waals surface area contributed by atoms with Crippen LogP contribution in [0.2, 0.25) is 0 Å². The second kappa shape index (κ2) is 6.91. The number of rotatable bonds is 5. The number of benzene rings is 1. The van der Waals surface area contributed by atoms with E-state index in [1.54, 1.807) is 11.9 Å². The van der Waals surface area contributed by atoms with Crippen LogP contribution >= 0.6 is 0 Å². The average molecular weight is 291 g/mol. The first-order valence-electron chi connectivity index (χ1n) is 7.47. The molecule has 1 aliphatic carbocycles. The normalized spacial score (nSPS) is 22.3. The number of hydrogen-bond acceptors (Lipinski definition) is 3. The zero-order chi connectivity index (χ0) is 15.4. The van der Waals surface area contributed by atoms with Gasteiger partial charge in [0.25, 0.3) is 0 Å². The molecule has 2 rings (SSSR count). The monoisotopic (exact) mass is 291 g/mol. The molecule has 116 valence electrons. The summed E-state index contributed by atoms with van der Waals surface area (Å²) in [6, 6.07) is 8.00. The fourth-order valence-electron chi connectivity index (χ4n) is 2.59. The first kappa shape index (κ1) is 15.8. The second-order valence-corrected chi connectivity index (χ2v) is 5.94. The summed E-state index contributed by atoms with van der Waals surface area (Å²) in [7, 11) is 3.71. The fourth-order valence-corrected chi connectivity index (χ4v) is 2.59. The maximum Gasteiger partial charge on any atom is 0.321 e. The summed E-state index contributed by atoms with van der Waals surface area (Å²) in [4.78, 5) is 13.8. The Kier molecular flexibility index (Phi) is 5.20. The lowest BCUT2D eigenvalue weighted by Gasteiger charge is -2.34. The molecule has 1 unspecified atom stereocenters. The first-order valence-corrected chi connectivity index (χ1v) is 7.47. The van der Waals surface area contributed by atoms with Crippen molar-refractivity contribution in [3.63, 3.8) is 0 Å². The lowest BCUT2D eigenvalue weighted by atomic mass is 9.82. The van der Waals surface area contributed by atoms with Crippen LogP contribution in [0, 0.1) is 5.92 Å². The van der Waals surface area contributed by atoms with Gasteiger partial charge >= 0.3 is 6.03 Å². The minimum Gasteiger partial charge on any atom is -0.393 e. The lowest BCUT2D eigenvalue weighted by Crippen LogP contribution is -2.41. The van der Waals surface area contributed by atoms with Crippen molar-refractivity contribution >= 4 is 11.7 Å². The third kappa shape index (κ3) is 4.19. The molecule has 1 fully saturated rings. The van der Waals surface area contributed by atoms with Crippen molar-refractivity contribution in [1.82, 2.24) is 10.2 Å². The van der Waals surface area contributed by atoms with Crippen molar-refractivity contribution in [2.45, 2.75) is 31.9 Å². The van der Waals surface area contributed by atoms with Crippen LogP contribution < -0.4 is 10.6 Å². The topological polar surface area (TPSA) is 64.6 Å². The quantitative estimate of drug-likeness (QED) is 0.779. The predicted octanol–water partition coefficient (Wildman–Crippen LogP) is 2.20. The number of aliphatic hydroxyl groups is 1. The van der Waals surface area contributed by atoms with Crippen molar-refractivity contribution in [3.8, 4) is 0 Å². The van der Waals surface area contributed by atoms with Gasteiger partial charge < -0.3 is 20.6 Å². The van der Waals surface area contributed by atoms with Crippen LogP contribution in [0.4, 0.5) is 10.5 Å². The summed E-state index contributed by atoms with van der Waals surface area (Å²) in [5.74, 6) is 0.423. The third-order valence-electron chi connectivity index (χ3n) is 4.16. The number of urea groups is 1. The molecule has 0 aromatic heterocycles. The third-order valence-corrected chi connectivity index (χ3v) is 4.16. The van der Waals surface area contributed by atoms with Gasteiger partial charge in [-0.15, -0.1) is 0 Å². The van der Waals surface area contributed by atoms with Crippen molar-refractivity contribution in [2.75, 3.05) is 26.0 Å². The molecule has 0 aliphatic heterocycles. The Morgan fingerprint density at radius 3 is 2.81 bits per heavy atom. The van der Waals surface area contributed by atoms with E-state index in [4.69, 9.17) is 0 Å².